The Labute approximate surface area is 421 Å². The molecule has 0 fully saturated rings. The Bertz CT molecular complexity index is 2220. The number of phosphoric acid groups is 2. The van der Waals surface area contributed by atoms with E-state index in [-0.39, 0.29) is 56.3 Å². The molecule has 0 aromatic heterocycles. The first-order valence-corrected chi connectivity index (χ1v) is 27.0. The third-order valence-corrected chi connectivity index (χ3v) is 14.8. The van der Waals surface area contributed by atoms with Gasteiger partial charge in [-0.15, -0.1) is 0 Å². The Balaban J connectivity index is 0.000000350. The molecule has 12 heteroatoms. The summed E-state index contributed by atoms with van der Waals surface area (Å²) in [4.78, 5) is 21.8. The first kappa shape index (κ1) is 59.3. The Kier molecular flexibility index (Phi) is 17.9. The zero-order valence-corrected chi connectivity index (χ0v) is 48.3. The van der Waals surface area contributed by atoms with Crippen molar-refractivity contribution in [3.8, 4) is 23.0 Å². The molecule has 0 atom stereocenters. The van der Waals surface area contributed by atoms with Crippen LogP contribution in [0.4, 0.5) is 0 Å². The summed E-state index contributed by atoms with van der Waals surface area (Å²) in [6.45, 7) is 46.9. The molecule has 68 heavy (non-hydrogen) atoms. The highest BCUT2D eigenvalue weighted by Gasteiger charge is 2.41. The molecular weight excluding hydrogens is 906 g/mol. The van der Waals surface area contributed by atoms with Gasteiger partial charge in [-0.2, -0.15) is 0 Å². The Hall–Kier alpha value is -3.05. The van der Waals surface area contributed by atoms with Crippen molar-refractivity contribution in [1.29, 1.82) is 0 Å². The van der Waals surface area contributed by atoms with Crippen LogP contribution in [0.25, 0.3) is 0 Å². The molecule has 0 saturated carbocycles. The second kappa shape index (κ2) is 20.6. The van der Waals surface area contributed by atoms with Crippen molar-refractivity contribution >= 4 is 33.0 Å². The summed E-state index contributed by atoms with van der Waals surface area (Å²) in [7, 11) is -8.84. The number of fused-ring (bicyclic) bond motifs is 4. The first-order valence-electron chi connectivity index (χ1n) is 24.0. The maximum absolute atomic E-state index is 13.3. The van der Waals surface area contributed by atoms with E-state index in [4.69, 9.17) is 18.1 Å². The van der Waals surface area contributed by atoms with E-state index in [1.807, 2.05) is 0 Å². The zero-order valence-electron chi connectivity index (χ0n) is 45.4. The highest BCUT2D eigenvalue weighted by atomic mass is 31.2. The van der Waals surface area contributed by atoms with Crippen LogP contribution in [0.1, 0.15) is 255 Å². The quantitative estimate of drug-likeness (QED) is 0.152. The van der Waals surface area contributed by atoms with E-state index >= 15 is 0 Å². The van der Waals surface area contributed by atoms with Gasteiger partial charge in [0.15, 0.2) is 0 Å². The highest BCUT2D eigenvalue weighted by Crippen LogP contribution is 2.59. The van der Waals surface area contributed by atoms with Gasteiger partial charge in [0.25, 0.3) is 0 Å². The van der Waals surface area contributed by atoms with Crippen molar-refractivity contribution in [2.24, 2.45) is 0 Å². The second-order valence-corrected chi connectivity index (χ2v) is 26.9. The van der Waals surface area contributed by atoms with E-state index in [1.54, 1.807) is 0 Å². The van der Waals surface area contributed by atoms with Crippen LogP contribution in [-0.4, -0.2) is 32.6 Å². The minimum atomic E-state index is -4.42. The fourth-order valence-corrected chi connectivity index (χ4v) is 10.6. The molecule has 0 spiro atoms. The highest BCUT2D eigenvalue weighted by molar-refractivity contribution is 7.48. The summed E-state index contributed by atoms with van der Waals surface area (Å²) < 4.78 is 50.2. The van der Waals surface area contributed by atoms with Gasteiger partial charge in [-0.05, 0) is 67.6 Å². The molecule has 4 aromatic rings. The number of rotatable bonds is 4. The largest absolute Gasteiger partial charge is 0.584 e. The van der Waals surface area contributed by atoms with E-state index in [9.17, 15) is 18.9 Å². The Morgan fingerprint density at radius 2 is 0.559 bits per heavy atom. The molecule has 4 N–H and O–H groups in total. The van der Waals surface area contributed by atoms with Crippen LogP contribution in [-0.2, 0) is 30.8 Å². The molecule has 0 unspecified atom stereocenters. The summed E-state index contributed by atoms with van der Waals surface area (Å²) >= 11 is 0. The third kappa shape index (κ3) is 12.9. The van der Waals surface area contributed by atoms with Crippen molar-refractivity contribution in [2.45, 2.75) is 209 Å². The molecule has 0 aliphatic carbocycles. The van der Waals surface area contributed by atoms with E-state index in [1.165, 1.54) is 22.3 Å². The minimum Gasteiger partial charge on any atom is -0.412 e. The van der Waals surface area contributed by atoms with Crippen molar-refractivity contribution in [1.82, 2.24) is 0 Å². The third-order valence-electron chi connectivity index (χ3n) is 13.2. The normalized spacial score (nSPS) is 20.5. The van der Waals surface area contributed by atoms with Crippen molar-refractivity contribution in [2.75, 3.05) is 0 Å². The lowest BCUT2D eigenvalue weighted by Crippen LogP contribution is -2.21. The maximum Gasteiger partial charge on any atom is 0.584 e. The van der Waals surface area contributed by atoms with E-state index in [2.05, 4.69) is 201 Å². The Morgan fingerprint density at radius 1 is 0.397 bits per heavy atom. The number of hydrogen-bond acceptors (Lipinski definition) is 6. The molecular formula is C56H84AlO9P2. The van der Waals surface area contributed by atoms with Crippen LogP contribution in [0.3, 0.4) is 0 Å². The SMILES string of the molecule is CC(C)c1cc2c(c(C(C)(C)C)c1)OP(=O)(O)Oc1c(cc(C(C)C)cc1C(C)(C)C)C2C.CC(C)c1cc2c(c(C(C)(C)C)c1)OP(=O)(O)Oc1c(cc(C(C)C)cc1C(C)(C)C)C2C.O.[Al]. The van der Waals surface area contributed by atoms with Gasteiger partial charge in [0.05, 0.1) is 0 Å². The molecule has 0 bridgehead atoms. The van der Waals surface area contributed by atoms with Gasteiger partial charge < -0.3 is 23.6 Å². The van der Waals surface area contributed by atoms with E-state index in [0.717, 1.165) is 44.5 Å². The topological polar surface area (TPSA) is 143 Å². The molecule has 4 aromatic carbocycles. The molecule has 0 amide bonds. The summed E-state index contributed by atoms with van der Waals surface area (Å²) in [6, 6.07) is 17.0. The average molecular weight is 990 g/mol. The fraction of sp³-hybridized carbons (Fsp3) is 0.571. The summed E-state index contributed by atoms with van der Waals surface area (Å²) in [5, 5.41) is 0. The summed E-state index contributed by atoms with van der Waals surface area (Å²) in [5.74, 6) is 3.02. The molecule has 9 nitrogen and oxygen atoms in total. The second-order valence-electron chi connectivity index (χ2n) is 24.3. The van der Waals surface area contributed by atoms with Crippen molar-refractivity contribution in [3.05, 3.63) is 115 Å². The van der Waals surface area contributed by atoms with Gasteiger partial charge in [0.1, 0.15) is 23.0 Å². The lowest BCUT2D eigenvalue weighted by molar-refractivity contribution is 0.278. The van der Waals surface area contributed by atoms with E-state index < -0.39 is 15.6 Å². The van der Waals surface area contributed by atoms with Crippen LogP contribution in [0.5, 0.6) is 23.0 Å². The van der Waals surface area contributed by atoms with Gasteiger partial charge in [0.2, 0.25) is 0 Å². The van der Waals surface area contributed by atoms with Crippen molar-refractivity contribution < 1.29 is 42.5 Å². The monoisotopic (exact) mass is 990 g/mol. The van der Waals surface area contributed by atoms with Crippen LogP contribution < -0.4 is 18.1 Å². The predicted molar refractivity (Wildman–Crippen MR) is 283 cm³/mol. The first-order chi connectivity index (χ1) is 29.8. The standard InChI is InChI=1S/2C28H41O4P.Al.H2O/c2*1-16(2)19-12-21-18(5)22-13-20(17(3)4)15-24(28(9,10)11)26(22)32-33(29,30)31-25(21)23(14-19)27(6,7)8;;/h2*12-18H,1-11H3,(H,29,30);;1H2. The van der Waals surface area contributed by atoms with Gasteiger partial charge in [-0.3, -0.25) is 9.79 Å². The van der Waals surface area contributed by atoms with Crippen molar-refractivity contribution in [3.63, 3.8) is 0 Å². The number of phosphoric ester groups is 2. The summed E-state index contributed by atoms with van der Waals surface area (Å²) in [5.41, 5.74) is 11.1. The van der Waals surface area contributed by atoms with Crippen LogP contribution in [0, 0.1) is 0 Å². The van der Waals surface area contributed by atoms with E-state index in [0.29, 0.717) is 46.7 Å². The van der Waals surface area contributed by atoms with Crippen LogP contribution >= 0.6 is 15.6 Å². The average Bonchev–Trinajstić information content (AvgIpc) is 3.14. The lowest BCUT2D eigenvalue weighted by atomic mass is 9.77. The molecule has 3 radical (unpaired) electrons. The van der Waals surface area contributed by atoms with Gasteiger partial charge >= 0.3 is 15.6 Å². The minimum absolute atomic E-state index is 0. The molecule has 2 aliphatic heterocycles. The molecule has 2 aliphatic rings. The Morgan fingerprint density at radius 3 is 0.691 bits per heavy atom. The molecule has 0 saturated heterocycles. The fourth-order valence-electron chi connectivity index (χ4n) is 8.79. The lowest BCUT2D eigenvalue weighted by Gasteiger charge is -2.34. The number of hydrogen-bond donors (Lipinski definition) is 2. The smallest absolute Gasteiger partial charge is 0.412 e. The van der Waals surface area contributed by atoms with Gasteiger partial charge in [0, 0.05) is 73.7 Å². The van der Waals surface area contributed by atoms with Gasteiger partial charge in [-0.25, -0.2) is 9.13 Å². The predicted octanol–water partition coefficient (Wildman–Crippen LogP) is 15.9. The number of benzene rings is 4. The van der Waals surface area contributed by atoms with Crippen LogP contribution in [0.2, 0.25) is 0 Å². The van der Waals surface area contributed by atoms with Gasteiger partial charge in [-0.1, -0.05) is 201 Å². The summed E-state index contributed by atoms with van der Waals surface area (Å²) in [6.07, 6.45) is 0. The molecule has 375 valence electrons. The molecule has 2 heterocycles. The van der Waals surface area contributed by atoms with Crippen LogP contribution in [0.15, 0.2) is 48.5 Å². The maximum atomic E-state index is 13.3. The zero-order chi connectivity index (χ0) is 50.2. The molecule has 6 rings (SSSR count).